The molecular weight excluding hydrogens is 224 g/mol. The number of pyridine rings is 1. The number of H-pyrrole nitrogens is 1. The summed E-state index contributed by atoms with van der Waals surface area (Å²) in [7, 11) is 0. The summed E-state index contributed by atoms with van der Waals surface area (Å²) in [5.74, 6) is 0. The van der Waals surface area contributed by atoms with Gasteiger partial charge in [-0.1, -0.05) is 0 Å². The van der Waals surface area contributed by atoms with Gasteiger partial charge in [-0.3, -0.25) is 14.9 Å². The average Bonchev–Trinajstić information content (AvgIpc) is 2.20. The summed E-state index contributed by atoms with van der Waals surface area (Å²) in [6, 6.07) is 2.13. The van der Waals surface area contributed by atoms with Crippen LogP contribution in [0.5, 0.6) is 0 Å². The van der Waals surface area contributed by atoms with Crippen LogP contribution in [0.2, 0.25) is 0 Å². The minimum atomic E-state index is -3.01. The van der Waals surface area contributed by atoms with E-state index in [2.05, 4.69) is 0 Å². The lowest BCUT2D eigenvalue weighted by Gasteiger charge is -2.02. The molecule has 8 heteroatoms. The van der Waals surface area contributed by atoms with Crippen LogP contribution in [-0.2, 0) is 6.42 Å². The number of rotatable bonds is 3. The average molecular weight is 229 g/mol. The van der Waals surface area contributed by atoms with Crippen LogP contribution in [-0.4, -0.2) is 9.91 Å². The predicted molar refractivity (Wildman–Crippen MR) is 48.0 cm³/mol. The van der Waals surface area contributed by atoms with Gasteiger partial charge in [0.2, 0.25) is 0 Å². The van der Waals surface area contributed by atoms with Crippen molar-refractivity contribution in [2.75, 3.05) is 0 Å². The zero-order chi connectivity index (χ0) is 12.3. The molecule has 0 aliphatic rings. The first-order valence-corrected chi connectivity index (χ1v) is 4.03. The standard InChI is InChI=1S/C8H5F2N3O3/c9-7(10)5-3-6(13(15)16)4(1-2-11)8(14)12-5/h3,7H,1H2,(H,12,14). The highest BCUT2D eigenvalue weighted by Gasteiger charge is 2.21. The molecule has 84 valence electrons. The van der Waals surface area contributed by atoms with E-state index in [0.717, 1.165) is 0 Å². The van der Waals surface area contributed by atoms with Gasteiger partial charge >= 0.3 is 0 Å². The molecular formula is C8H5F2N3O3. The van der Waals surface area contributed by atoms with Crippen molar-refractivity contribution in [2.45, 2.75) is 12.8 Å². The van der Waals surface area contributed by atoms with Crippen molar-refractivity contribution in [1.29, 1.82) is 5.26 Å². The van der Waals surface area contributed by atoms with E-state index < -0.39 is 40.3 Å². The molecule has 6 nitrogen and oxygen atoms in total. The molecule has 0 aliphatic carbocycles. The molecule has 1 aromatic heterocycles. The lowest BCUT2D eigenvalue weighted by Crippen LogP contribution is -2.17. The number of hydrogen-bond acceptors (Lipinski definition) is 4. The van der Waals surface area contributed by atoms with E-state index in [9.17, 15) is 23.7 Å². The number of halogens is 2. The first-order chi connectivity index (χ1) is 7.47. The highest BCUT2D eigenvalue weighted by atomic mass is 19.3. The van der Waals surface area contributed by atoms with Gasteiger partial charge < -0.3 is 4.98 Å². The molecule has 0 atom stereocenters. The van der Waals surface area contributed by atoms with E-state index in [1.807, 2.05) is 0 Å². The molecule has 0 saturated heterocycles. The Hall–Kier alpha value is -2.30. The number of nitrogens with one attached hydrogen (secondary N) is 1. The predicted octanol–water partition coefficient (Wildman–Crippen LogP) is 1.29. The Morgan fingerprint density at radius 2 is 2.25 bits per heavy atom. The van der Waals surface area contributed by atoms with Gasteiger partial charge in [-0.05, 0) is 0 Å². The SMILES string of the molecule is N#CCc1c([N+](=O)[O-])cc(C(F)F)[nH]c1=O. The van der Waals surface area contributed by atoms with Crippen molar-refractivity contribution < 1.29 is 13.7 Å². The summed E-state index contributed by atoms with van der Waals surface area (Å²) in [6.45, 7) is 0. The van der Waals surface area contributed by atoms with E-state index in [1.165, 1.54) is 0 Å². The highest BCUT2D eigenvalue weighted by molar-refractivity contribution is 5.41. The van der Waals surface area contributed by atoms with Crippen molar-refractivity contribution in [3.05, 3.63) is 37.8 Å². The zero-order valence-electron chi connectivity index (χ0n) is 7.74. The molecule has 1 heterocycles. The number of hydrogen-bond donors (Lipinski definition) is 1. The molecule has 0 amide bonds. The molecule has 0 fully saturated rings. The minimum absolute atomic E-state index is 0.420. The quantitative estimate of drug-likeness (QED) is 0.623. The Bertz CT molecular complexity index is 518. The molecule has 0 unspecified atom stereocenters. The molecule has 0 bridgehead atoms. The first kappa shape index (κ1) is 11.8. The van der Waals surface area contributed by atoms with Gasteiger partial charge in [-0.2, -0.15) is 5.26 Å². The number of nitrogens with zero attached hydrogens (tertiary/aromatic N) is 2. The zero-order valence-corrected chi connectivity index (χ0v) is 7.74. The van der Waals surface area contributed by atoms with E-state index in [4.69, 9.17) is 5.26 Å². The second-order valence-corrected chi connectivity index (χ2v) is 2.81. The Morgan fingerprint density at radius 3 is 2.69 bits per heavy atom. The topological polar surface area (TPSA) is 99.8 Å². The molecule has 1 aromatic rings. The molecule has 0 spiro atoms. The molecule has 1 rings (SSSR count). The minimum Gasteiger partial charge on any atom is -0.320 e. The summed E-state index contributed by atoms with van der Waals surface area (Å²) in [4.78, 5) is 22.6. The smallest absolute Gasteiger partial charge is 0.281 e. The van der Waals surface area contributed by atoms with Crippen molar-refractivity contribution in [2.24, 2.45) is 0 Å². The Labute approximate surface area is 87.3 Å². The van der Waals surface area contributed by atoms with Crippen LogP contribution in [0.3, 0.4) is 0 Å². The molecule has 0 aromatic carbocycles. The van der Waals surface area contributed by atoms with Crippen LogP contribution in [0, 0.1) is 21.4 Å². The molecule has 0 saturated carbocycles. The summed E-state index contributed by atoms with van der Waals surface area (Å²) < 4.78 is 24.5. The van der Waals surface area contributed by atoms with Crippen molar-refractivity contribution >= 4 is 5.69 Å². The molecule has 1 N–H and O–H groups in total. The third-order valence-corrected chi connectivity index (χ3v) is 1.82. The number of nitro groups is 1. The van der Waals surface area contributed by atoms with Crippen LogP contribution >= 0.6 is 0 Å². The summed E-state index contributed by atoms with van der Waals surface area (Å²) in [5.41, 5.74) is -3.05. The third kappa shape index (κ3) is 2.20. The van der Waals surface area contributed by atoms with Crippen molar-refractivity contribution in [3.63, 3.8) is 0 Å². The number of alkyl halides is 2. The fourth-order valence-corrected chi connectivity index (χ4v) is 1.12. The lowest BCUT2D eigenvalue weighted by atomic mass is 10.1. The second kappa shape index (κ2) is 4.48. The van der Waals surface area contributed by atoms with Gasteiger partial charge in [0.1, 0.15) is 5.56 Å². The van der Waals surface area contributed by atoms with E-state index in [0.29, 0.717) is 6.07 Å². The van der Waals surface area contributed by atoms with Crippen LogP contribution in [0.1, 0.15) is 17.7 Å². The van der Waals surface area contributed by atoms with Crippen LogP contribution in [0.25, 0.3) is 0 Å². The lowest BCUT2D eigenvalue weighted by molar-refractivity contribution is -0.385. The normalized spacial score (nSPS) is 10.1. The van der Waals surface area contributed by atoms with Gasteiger partial charge in [0.25, 0.3) is 17.7 Å². The molecule has 0 radical (unpaired) electrons. The van der Waals surface area contributed by atoms with E-state index in [1.54, 1.807) is 11.1 Å². The maximum Gasteiger partial charge on any atom is 0.281 e. The van der Waals surface area contributed by atoms with Gasteiger partial charge in [-0.25, -0.2) is 8.78 Å². The van der Waals surface area contributed by atoms with E-state index >= 15 is 0 Å². The summed E-state index contributed by atoms with van der Waals surface area (Å²) >= 11 is 0. The van der Waals surface area contributed by atoms with Crippen molar-refractivity contribution in [1.82, 2.24) is 4.98 Å². The summed E-state index contributed by atoms with van der Waals surface area (Å²) in [5, 5.41) is 18.9. The number of aromatic nitrogens is 1. The van der Waals surface area contributed by atoms with Crippen LogP contribution < -0.4 is 5.56 Å². The molecule has 0 aliphatic heterocycles. The van der Waals surface area contributed by atoms with E-state index in [-0.39, 0.29) is 0 Å². The first-order valence-electron chi connectivity index (χ1n) is 4.03. The van der Waals surface area contributed by atoms with Gasteiger partial charge in [-0.15, -0.1) is 0 Å². The van der Waals surface area contributed by atoms with Gasteiger partial charge in [0, 0.05) is 6.07 Å². The Morgan fingerprint density at radius 1 is 1.62 bits per heavy atom. The van der Waals surface area contributed by atoms with Gasteiger partial charge in [0.05, 0.1) is 23.1 Å². The monoisotopic (exact) mass is 229 g/mol. The largest absolute Gasteiger partial charge is 0.320 e. The Kier molecular flexibility index (Phi) is 3.30. The maximum absolute atomic E-state index is 12.3. The maximum atomic E-state index is 12.3. The van der Waals surface area contributed by atoms with Crippen LogP contribution in [0.4, 0.5) is 14.5 Å². The number of aromatic amines is 1. The van der Waals surface area contributed by atoms with Crippen LogP contribution in [0.15, 0.2) is 10.9 Å². The Balaban J connectivity index is 3.47. The second-order valence-electron chi connectivity index (χ2n) is 2.81. The highest BCUT2D eigenvalue weighted by Crippen LogP contribution is 2.22. The summed E-state index contributed by atoms with van der Waals surface area (Å²) in [6.07, 6.45) is -3.52. The fraction of sp³-hybridized carbons (Fsp3) is 0.250. The number of nitriles is 1. The van der Waals surface area contributed by atoms with Crippen molar-refractivity contribution in [3.8, 4) is 6.07 Å². The van der Waals surface area contributed by atoms with Gasteiger partial charge in [0.15, 0.2) is 0 Å². The molecule has 16 heavy (non-hydrogen) atoms. The third-order valence-electron chi connectivity index (χ3n) is 1.82. The fourth-order valence-electron chi connectivity index (χ4n) is 1.12.